The van der Waals surface area contributed by atoms with E-state index in [9.17, 15) is 14.0 Å². The number of aromatic amines is 1. The van der Waals surface area contributed by atoms with Gasteiger partial charge in [-0.2, -0.15) is 0 Å². The Kier molecular flexibility index (Phi) is 4.42. The fourth-order valence-corrected chi connectivity index (χ4v) is 2.62. The van der Waals surface area contributed by atoms with E-state index in [-0.39, 0.29) is 23.7 Å². The van der Waals surface area contributed by atoms with Gasteiger partial charge in [-0.3, -0.25) is 9.59 Å². The molecule has 0 fully saturated rings. The molecule has 4 nitrogen and oxygen atoms in total. The highest BCUT2D eigenvalue weighted by molar-refractivity contribution is 5.82. The molecule has 2 aromatic carbocycles. The van der Waals surface area contributed by atoms with Crippen molar-refractivity contribution in [2.75, 3.05) is 7.05 Å². The average molecular weight is 324 g/mol. The first kappa shape index (κ1) is 15.9. The molecular formula is C19H17FN2O2. The molecule has 24 heavy (non-hydrogen) atoms. The molecule has 0 aliphatic heterocycles. The molecule has 0 spiro atoms. The standard InChI is InChI=1S/C19H17FN2O2/c1-22(12-13-5-4-7-16(20)9-13)18(23)11-15-10-14-6-2-3-8-17(14)21-19(15)24/h2-10H,11-12H2,1H3,(H,21,24). The SMILES string of the molecule is CN(Cc1cccc(F)c1)C(=O)Cc1cc2ccccc2[nH]c1=O. The van der Waals surface area contributed by atoms with E-state index in [1.807, 2.05) is 24.3 Å². The van der Waals surface area contributed by atoms with Gasteiger partial charge in [0.2, 0.25) is 5.91 Å². The van der Waals surface area contributed by atoms with E-state index < -0.39 is 0 Å². The van der Waals surface area contributed by atoms with Crippen molar-refractivity contribution >= 4 is 16.8 Å². The van der Waals surface area contributed by atoms with E-state index in [1.54, 1.807) is 25.2 Å². The summed E-state index contributed by atoms with van der Waals surface area (Å²) in [6.07, 6.45) is 0.00594. The van der Waals surface area contributed by atoms with Gasteiger partial charge in [-0.25, -0.2) is 4.39 Å². The first-order chi connectivity index (χ1) is 11.5. The van der Waals surface area contributed by atoms with Crippen molar-refractivity contribution in [1.29, 1.82) is 0 Å². The van der Waals surface area contributed by atoms with Crippen molar-refractivity contribution in [3.8, 4) is 0 Å². The third kappa shape index (κ3) is 3.51. The van der Waals surface area contributed by atoms with Gasteiger partial charge >= 0.3 is 0 Å². The number of carbonyl (C=O) groups is 1. The number of amides is 1. The van der Waals surface area contributed by atoms with Crippen LogP contribution in [0.5, 0.6) is 0 Å². The summed E-state index contributed by atoms with van der Waals surface area (Å²) >= 11 is 0. The third-order valence-corrected chi connectivity index (χ3v) is 3.91. The zero-order chi connectivity index (χ0) is 17.1. The van der Waals surface area contributed by atoms with Crippen LogP contribution in [0.2, 0.25) is 0 Å². The number of pyridine rings is 1. The highest BCUT2D eigenvalue weighted by Crippen LogP contribution is 2.12. The van der Waals surface area contributed by atoms with Crippen LogP contribution >= 0.6 is 0 Å². The van der Waals surface area contributed by atoms with Gasteiger partial charge in [0.1, 0.15) is 5.82 Å². The number of hydrogen-bond acceptors (Lipinski definition) is 2. The maximum absolute atomic E-state index is 13.2. The number of H-pyrrole nitrogens is 1. The van der Waals surface area contributed by atoms with Crippen molar-refractivity contribution in [1.82, 2.24) is 9.88 Å². The number of fused-ring (bicyclic) bond motifs is 1. The Morgan fingerprint density at radius 2 is 1.92 bits per heavy atom. The minimum Gasteiger partial charge on any atom is -0.341 e. The van der Waals surface area contributed by atoms with Crippen molar-refractivity contribution in [3.63, 3.8) is 0 Å². The van der Waals surface area contributed by atoms with E-state index >= 15 is 0 Å². The topological polar surface area (TPSA) is 53.2 Å². The number of hydrogen-bond donors (Lipinski definition) is 1. The van der Waals surface area contributed by atoms with Crippen molar-refractivity contribution in [2.45, 2.75) is 13.0 Å². The molecule has 5 heteroatoms. The lowest BCUT2D eigenvalue weighted by Gasteiger charge is -2.17. The minimum atomic E-state index is -0.334. The maximum Gasteiger partial charge on any atom is 0.252 e. The third-order valence-electron chi connectivity index (χ3n) is 3.91. The van der Waals surface area contributed by atoms with Crippen molar-refractivity contribution in [2.24, 2.45) is 0 Å². The summed E-state index contributed by atoms with van der Waals surface area (Å²) in [4.78, 5) is 28.8. The zero-order valence-corrected chi connectivity index (χ0v) is 13.3. The second-order valence-corrected chi connectivity index (χ2v) is 5.77. The molecule has 1 amide bonds. The number of nitrogens with zero attached hydrogens (tertiary/aromatic N) is 1. The number of nitrogens with one attached hydrogen (secondary N) is 1. The molecule has 1 aromatic heterocycles. The number of aromatic nitrogens is 1. The predicted molar refractivity (Wildman–Crippen MR) is 91.1 cm³/mol. The second-order valence-electron chi connectivity index (χ2n) is 5.77. The minimum absolute atomic E-state index is 0.00594. The average Bonchev–Trinajstić information content (AvgIpc) is 2.55. The molecule has 0 radical (unpaired) electrons. The molecule has 1 N–H and O–H groups in total. The normalized spacial score (nSPS) is 10.8. The van der Waals surface area contributed by atoms with E-state index in [0.717, 1.165) is 10.9 Å². The summed E-state index contributed by atoms with van der Waals surface area (Å²) in [7, 11) is 1.64. The number of likely N-dealkylation sites (N-methyl/N-ethyl adjacent to an activating group) is 1. The maximum atomic E-state index is 13.2. The van der Waals surface area contributed by atoms with Gasteiger partial charge in [-0.15, -0.1) is 0 Å². The van der Waals surface area contributed by atoms with E-state index in [2.05, 4.69) is 4.98 Å². The molecular weight excluding hydrogens is 307 g/mol. The van der Waals surface area contributed by atoms with Crippen LogP contribution in [0.15, 0.2) is 59.4 Å². The molecule has 1 heterocycles. The van der Waals surface area contributed by atoms with Gasteiger partial charge in [0.25, 0.3) is 5.56 Å². The van der Waals surface area contributed by atoms with Crippen molar-refractivity contribution < 1.29 is 9.18 Å². The molecule has 122 valence electrons. The van der Waals surface area contributed by atoms with E-state index in [4.69, 9.17) is 0 Å². The highest BCUT2D eigenvalue weighted by Gasteiger charge is 2.13. The van der Waals surface area contributed by atoms with Gasteiger partial charge in [0.15, 0.2) is 0 Å². The van der Waals surface area contributed by atoms with Crippen LogP contribution in [0.25, 0.3) is 10.9 Å². The van der Waals surface area contributed by atoms with E-state index in [1.165, 1.54) is 17.0 Å². The number of rotatable bonds is 4. The molecule has 3 aromatic rings. The number of carbonyl (C=O) groups excluding carboxylic acids is 1. The first-order valence-corrected chi connectivity index (χ1v) is 7.62. The summed E-state index contributed by atoms with van der Waals surface area (Å²) < 4.78 is 13.2. The summed E-state index contributed by atoms with van der Waals surface area (Å²) in [5.74, 6) is -0.528. The summed E-state index contributed by atoms with van der Waals surface area (Å²) in [5.41, 5.74) is 1.61. The zero-order valence-electron chi connectivity index (χ0n) is 13.3. The predicted octanol–water partition coefficient (Wildman–Crippen LogP) is 2.87. The Morgan fingerprint density at radius 3 is 2.71 bits per heavy atom. The molecule has 0 aliphatic rings. The monoisotopic (exact) mass is 324 g/mol. The quantitative estimate of drug-likeness (QED) is 0.802. The molecule has 0 saturated heterocycles. The highest BCUT2D eigenvalue weighted by atomic mass is 19.1. The lowest BCUT2D eigenvalue weighted by Crippen LogP contribution is -2.29. The largest absolute Gasteiger partial charge is 0.341 e. The molecule has 0 aliphatic carbocycles. The number of halogens is 1. The Balaban J connectivity index is 1.76. The van der Waals surface area contributed by atoms with Crippen LogP contribution in [0.1, 0.15) is 11.1 Å². The Labute approximate surface area is 138 Å². The lowest BCUT2D eigenvalue weighted by atomic mass is 10.1. The molecule has 3 rings (SSSR count). The molecule has 0 bridgehead atoms. The Bertz CT molecular complexity index is 949. The second kappa shape index (κ2) is 6.66. The van der Waals surface area contributed by atoms with Gasteiger partial charge in [-0.05, 0) is 35.2 Å². The van der Waals surface area contributed by atoms with Crippen LogP contribution in [0.3, 0.4) is 0 Å². The molecule has 0 atom stereocenters. The van der Waals surface area contributed by atoms with Gasteiger partial charge in [-0.1, -0.05) is 30.3 Å². The number of para-hydroxylation sites is 1. The number of benzene rings is 2. The fraction of sp³-hybridized carbons (Fsp3) is 0.158. The Hall–Kier alpha value is -2.95. The molecule has 0 unspecified atom stereocenters. The fourth-order valence-electron chi connectivity index (χ4n) is 2.62. The Morgan fingerprint density at radius 1 is 1.12 bits per heavy atom. The van der Waals surface area contributed by atoms with Gasteiger partial charge in [0, 0.05) is 24.7 Å². The van der Waals surface area contributed by atoms with Crippen LogP contribution < -0.4 is 5.56 Å². The van der Waals surface area contributed by atoms with Crippen LogP contribution in [0.4, 0.5) is 4.39 Å². The lowest BCUT2D eigenvalue weighted by molar-refractivity contribution is -0.129. The van der Waals surface area contributed by atoms with Crippen LogP contribution in [-0.4, -0.2) is 22.8 Å². The summed E-state index contributed by atoms with van der Waals surface area (Å²) in [6, 6.07) is 15.3. The van der Waals surface area contributed by atoms with Gasteiger partial charge in [0.05, 0.1) is 6.42 Å². The van der Waals surface area contributed by atoms with Crippen LogP contribution in [-0.2, 0) is 17.8 Å². The molecule has 0 saturated carbocycles. The van der Waals surface area contributed by atoms with Crippen molar-refractivity contribution in [3.05, 3.63) is 81.9 Å². The first-order valence-electron chi connectivity index (χ1n) is 7.62. The van der Waals surface area contributed by atoms with Crippen LogP contribution in [0, 0.1) is 5.82 Å². The summed E-state index contributed by atoms with van der Waals surface area (Å²) in [6.45, 7) is 0.294. The summed E-state index contributed by atoms with van der Waals surface area (Å²) in [5, 5.41) is 0.882. The van der Waals surface area contributed by atoms with E-state index in [0.29, 0.717) is 17.7 Å². The van der Waals surface area contributed by atoms with Gasteiger partial charge < -0.3 is 9.88 Å². The smallest absolute Gasteiger partial charge is 0.252 e.